The molecule has 0 bridgehead atoms. The summed E-state index contributed by atoms with van der Waals surface area (Å²) in [6, 6.07) is 9.20. The molecule has 0 spiro atoms. The highest BCUT2D eigenvalue weighted by molar-refractivity contribution is 6.00. The molecular formula is C28H38FN5O5. The number of carbonyl (C=O) groups excluding carboxylic acids is 3. The van der Waals surface area contributed by atoms with E-state index < -0.39 is 24.0 Å². The Hall–Kier alpha value is -3.86. The lowest BCUT2D eigenvalue weighted by molar-refractivity contribution is -0.134. The summed E-state index contributed by atoms with van der Waals surface area (Å²) in [6.07, 6.45) is -0.454. The maximum absolute atomic E-state index is 13.3. The molecule has 1 aliphatic rings. The molecule has 1 heterocycles. The third kappa shape index (κ3) is 8.31. The molecule has 2 aromatic carbocycles. The zero-order chi connectivity index (χ0) is 28.7. The van der Waals surface area contributed by atoms with Crippen LogP contribution in [0.25, 0.3) is 0 Å². The van der Waals surface area contributed by atoms with Crippen LogP contribution in [0.1, 0.15) is 33.3 Å². The minimum Gasteiger partial charge on any atom is -0.488 e. The Bertz CT molecular complexity index is 1160. The molecule has 10 nitrogen and oxygen atoms in total. The number of hydrogen-bond donors (Lipinski definition) is 4. The highest BCUT2D eigenvalue weighted by Gasteiger charge is 2.32. The van der Waals surface area contributed by atoms with E-state index in [2.05, 4.69) is 16.0 Å². The Labute approximate surface area is 228 Å². The van der Waals surface area contributed by atoms with E-state index in [1.165, 1.54) is 24.3 Å². The average molecular weight is 544 g/mol. The van der Waals surface area contributed by atoms with Crippen LogP contribution in [0, 0.1) is 11.7 Å². The van der Waals surface area contributed by atoms with Gasteiger partial charge in [0, 0.05) is 42.5 Å². The van der Waals surface area contributed by atoms with E-state index in [9.17, 15) is 23.9 Å². The van der Waals surface area contributed by atoms with Gasteiger partial charge in [-0.05, 0) is 63.2 Å². The van der Waals surface area contributed by atoms with Gasteiger partial charge in [-0.2, -0.15) is 0 Å². The predicted molar refractivity (Wildman–Crippen MR) is 147 cm³/mol. The first-order chi connectivity index (χ1) is 18.5. The van der Waals surface area contributed by atoms with Crippen LogP contribution in [0.2, 0.25) is 0 Å². The topological polar surface area (TPSA) is 123 Å². The fourth-order valence-corrected chi connectivity index (χ4v) is 4.26. The van der Waals surface area contributed by atoms with Crippen LogP contribution in [-0.2, 0) is 11.2 Å². The minimum absolute atomic E-state index is 0.00209. The van der Waals surface area contributed by atoms with Crippen LogP contribution < -0.4 is 20.7 Å². The molecule has 3 rings (SSSR count). The van der Waals surface area contributed by atoms with E-state index in [1.807, 2.05) is 20.8 Å². The standard InChI is InChI=1S/C28H38FN5O5/c1-17(2)30-28(38)33(5)15-25-18(3)14-34(19(4)16-35)26(36)13-20-12-23(10-11-24(20)39-25)32-27(37)31-22-8-6-21(29)7-9-22/h6-12,17-19,25,35H,13-16H2,1-5H3,(H,30,38)(H2,31,32,37)/t18-,19+,25+/m1/s1. The molecule has 5 amide bonds. The van der Waals surface area contributed by atoms with Crippen LogP contribution in [0.4, 0.5) is 25.4 Å². The predicted octanol–water partition coefficient (Wildman–Crippen LogP) is 3.67. The maximum Gasteiger partial charge on any atom is 0.323 e. The van der Waals surface area contributed by atoms with Crippen molar-refractivity contribution < 1.29 is 28.6 Å². The monoisotopic (exact) mass is 543 g/mol. The minimum atomic E-state index is -0.531. The summed E-state index contributed by atoms with van der Waals surface area (Å²) < 4.78 is 19.6. The van der Waals surface area contributed by atoms with Gasteiger partial charge < -0.3 is 35.6 Å². The van der Waals surface area contributed by atoms with Crippen LogP contribution in [0.15, 0.2) is 42.5 Å². The summed E-state index contributed by atoms with van der Waals surface area (Å²) in [6.45, 7) is 7.90. The molecule has 0 aliphatic carbocycles. The van der Waals surface area contributed by atoms with Gasteiger partial charge in [0.05, 0.1) is 25.6 Å². The molecule has 39 heavy (non-hydrogen) atoms. The number of hydrogen-bond acceptors (Lipinski definition) is 5. The van der Waals surface area contributed by atoms with Crippen LogP contribution in [0.3, 0.4) is 0 Å². The number of ether oxygens (including phenoxy) is 1. The Kier molecular flexibility index (Phi) is 10.1. The second-order valence-electron chi connectivity index (χ2n) is 10.3. The number of nitrogens with zero attached hydrogens (tertiary/aromatic N) is 2. The van der Waals surface area contributed by atoms with Crippen molar-refractivity contribution in [2.75, 3.05) is 37.4 Å². The number of aliphatic hydroxyl groups is 1. The van der Waals surface area contributed by atoms with E-state index in [4.69, 9.17) is 4.74 Å². The molecule has 3 atom stereocenters. The quantitative estimate of drug-likeness (QED) is 0.424. The number of nitrogens with one attached hydrogen (secondary N) is 3. The first-order valence-electron chi connectivity index (χ1n) is 13.0. The van der Waals surface area contributed by atoms with Gasteiger partial charge in [0.1, 0.15) is 17.7 Å². The van der Waals surface area contributed by atoms with Gasteiger partial charge in [-0.1, -0.05) is 6.92 Å². The molecule has 0 saturated carbocycles. The van der Waals surface area contributed by atoms with Crippen molar-refractivity contribution in [2.45, 2.75) is 52.3 Å². The molecule has 11 heteroatoms. The fourth-order valence-electron chi connectivity index (χ4n) is 4.26. The Morgan fingerprint density at radius 3 is 2.41 bits per heavy atom. The number of aliphatic hydroxyl groups excluding tert-OH is 1. The molecule has 212 valence electrons. The van der Waals surface area contributed by atoms with Crippen molar-refractivity contribution in [3.8, 4) is 5.75 Å². The lowest BCUT2D eigenvalue weighted by Crippen LogP contribution is -2.49. The smallest absolute Gasteiger partial charge is 0.323 e. The second-order valence-corrected chi connectivity index (χ2v) is 10.3. The lowest BCUT2D eigenvalue weighted by atomic mass is 10.0. The molecular weight excluding hydrogens is 505 g/mol. The molecule has 0 radical (unpaired) electrons. The number of amides is 5. The number of urea groups is 2. The third-order valence-electron chi connectivity index (χ3n) is 6.49. The summed E-state index contributed by atoms with van der Waals surface area (Å²) in [5, 5.41) is 18.0. The number of anilines is 2. The van der Waals surface area contributed by atoms with Gasteiger partial charge in [-0.15, -0.1) is 0 Å². The van der Waals surface area contributed by atoms with E-state index >= 15 is 0 Å². The van der Waals surface area contributed by atoms with Gasteiger partial charge in [0.25, 0.3) is 0 Å². The summed E-state index contributed by atoms with van der Waals surface area (Å²) in [5.74, 6) is -0.289. The van der Waals surface area contributed by atoms with Crippen LogP contribution in [-0.4, -0.2) is 77.8 Å². The molecule has 1 aliphatic heterocycles. The number of fused-ring (bicyclic) bond motifs is 1. The summed E-state index contributed by atoms with van der Waals surface area (Å²) in [7, 11) is 1.69. The lowest BCUT2D eigenvalue weighted by Gasteiger charge is -2.34. The van der Waals surface area contributed by atoms with Crippen molar-refractivity contribution in [2.24, 2.45) is 5.92 Å². The van der Waals surface area contributed by atoms with Crippen molar-refractivity contribution in [1.29, 1.82) is 0 Å². The molecule has 0 saturated heterocycles. The second kappa shape index (κ2) is 13.3. The summed E-state index contributed by atoms with van der Waals surface area (Å²) in [5.41, 5.74) is 1.41. The Morgan fingerprint density at radius 2 is 1.77 bits per heavy atom. The van der Waals surface area contributed by atoms with E-state index in [-0.39, 0.29) is 43.5 Å². The number of benzene rings is 2. The first kappa shape index (κ1) is 29.7. The van der Waals surface area contributed by atoms with Crippen LogP contribution in [0.5, 0.6) is 5.75 Å². The van der Waals surface area contributed by atoms with Crippen molar-refractivity contribution in [3.05, 3.63) is 53.8 Å². The molecule has 0 fully saturated rings. The third-order valence-corrected chi connectivity index (χ3v) is 6.49. The normalized spacial score (nSPS) is 18.2. The molecule has 2 aromatic rings. The Morgan fingerprint density at radius 1 is 1.13 bits per heavy atom. The maximum atomic E-state index is 13.3. The fraction of sp³-hybridized carbons (Fsp3) is 0.464. The number of rotatable bonds is 7. The number of carbonyl (C=O) groups is 3. The zero-order valence-corrected chi connectivity index (χ0v) is 23.0. The number of likely N-dealkylation sites (N-methyl/N-ethyl adjacent to an activating group) is 1. The zero-order valence-electron chi connectivity index (χ0n) is 23.0. The first-order valence-corrected chi connectivity index (χ1v) is 13.0. The summed E-state index contributed by atoms with van der Waals surface area (Å²) in [4.78, 5) is 41.6. The molecule has 4 N–H and O–H groups in total. The van der Waals surface area contributed by atoms with Crippen molar-refractivity contribution in [3.63, 3.8) is 0 Å². The van der Waals surface area contributed by atoms with E-state index in [0.717, 1.165) is 0 Å². The summed E-state index contributed by atoms with van der Waals surface area (Å²) >= 11 is 0. The van der Waals surface area contributed by atoms with Gasteiger partial charge in [0.2, 0.25) is 5.91 Å². The van der Waals surface area contributed by atoms with Crippen LogP contribution >= 0.6 is 0 Å². The van der Waals surface area contributed by atoms with Gasteiger partial charge in [-0.3, -0.25) is 4.79 Å². The average Bonchev–Trinajstić information content (AvgIpc) is 2.92. The molecule has 0 unspecified atom stereocenters. The number of halogens is 1. The SMILES string of the molecule is CC(C)NC(=O)N(C)C[C@@H]1Oc2ccc(NC(=O)Nc3ccc(F)cc3)cc2CC(=O)N([C@@H](C)CO)C[C@H]1C. The van der Waals surface area contributed by atoms with E-state index in [0.29, 0.717) is 29.2 Å². The molecule has 0 aromatic heterocycles. The highest BCUT2D eigenvalue weighted by Crippen LogP contribution is 2.29. The van der Waals surface area contributed by atoms with Gasteiger partial charge in [0.15, 0.2) is 0 Å². The highest BCUT2D eigenvalue weighted by atomic mass is 19.1. The largest absolute Gasteiger partial charge is 0.488 e. The van der Waals surface area contributed by atoms with Gasteiger partial charge >= 0.3 is 12.1 Å². The Balaban J connectivity index is 1.86. The van der Waals surface area contributed by atoms with Gasteiger partial charge in [-0.25, -0.2) is 14.0 Å². The van der Waals surface area contributed by atoms with Crippen molar-refractivity contribution >= 4 is 29.3 Å². The van der Waals surface area contributed by atoms with E-state index in [1.54, 1.807) is 42.0 Å². The van der Waals surface area contributed by atoms with Crippen molar-refractivity contribution in [1.82, 2.24) is 15.1 Å².